The summed E-state index contributed by atoms with van der Waals surface area (Å²) in [5.74, 6) is 3.32. The van der Waals surface area contributed by atoms with E-state index in [-0.39, 0.29) is 5.97 Å². The summed E-state index contributed by atoms with van der Waals surface area (Å²) >= 11 is 0. The molecule has 0 saturated heterocycles. The van der Waals surface area contributed by atoms with Crippen LogP contribution in [0.15, 0.2) is 24.3 Å². The van der Waals surface area contributed by atoms with Crippen LogP contribution in [0.2, 0.25) is 19.6 Å². The van der Waals surface area contributed by atoms with Crippen LogP contribution in [0.1, 0.15) is 12.5 Å². The molecule has 0 unspecified atom stereocenters. The van der Waals surface area contributed by atoms with Crippen molar-refractivity contribution in [1.29, 1.82) is 0 Å². The van der Waals surface area contributed by atoms with E-state index in [0.29, 0.717) is 5.75 Å². The number of hydrogen-bond acceptors (Lipinski definition) is 2. The standard InChI is InChI=1S/C13H16O2Si/c1-11(14)15-13-8-6-5-7-12(13)9-10-16(2,3)4/h5-8H,1-4H3. The van der Waals surface area contributed by atoms with Crippen molar-refractivity contribution in [2.45, 2.75) is 26.6 Å². The third-order valence-electron chi connectivity index (χ3n) is 1.71. The highest BCUT2D eigenvalue weighted by Gasteiger charge is 2.08. The number of carbonyl (C=O) groups is 1. The van der Waals surface area contributed by atoms with Gasteiger partial charge in [0.1, 0.15) is 13.8 Å². The molecule has 0 amide bonds. The Balaban J connectivity index is 3.03. The van der Waals surface area contributed by atoms with Gasteiger partial charge in [-0.3, -0.25) is 4.79 Å². The number of carbonyl (C=O) groups excluding carboxylic acids is 1. The Morgan fingerprint density at radius 2 is 1.88 bits per heavy atom. The first kappa shape index (κ1) is 12.5. The fourth-order valence-electron chi connectivity index (χ4n) is 1.07. The molecule has 0 aliphatic heterocycles. The van der Waals surface area contributed by atoms with E-state index in [1.807, 2.05) is 18.2 Å². The Labute approximate surface area is 97.6 Å². The van der Waals surface area contributed by atoms with Crippen molar-refractivity contribution >= 4 is 14.0 Å². The SMILES string of the molecule is CC(=O)Oc1ccccc1C#C[Si](C)(C)C. The van der Waals surface area contributed by atoms with Crippen molar-refractivity contribution in [2.75, 3.05) is 0 Å². The highest BCUT2D eigenvalue weighted by atomic mass is 28.3. The Bertz CT molecular complexity index is 447. The van der Waals surface area contributed by atoms with Gasteiger partial charge in [-0.05, 0) is 12.1 Å². The first-order valence-corrected chi connectivity index (χ1v) is 8.69. The molecular weight excluding hydrogens is 216 g/mol. The van der Waals surface area contributed by atoms with E-state index in [9.17, 15) is 4.79 Å². The molecule has 1 aromatic carbocycles. The number of rotatable bonds is 1. The van der Waals surface area contributed by atoms with Crippen molar-refractivity contribution in [2.24, 2.45) is 0 Å². The van der Waals surface area contributed by atoms with E-state index in [1.165, 1.54) is 6.92 Å². The van der Waals surface area contributed by atoms with Gasteiger partial charge >= 0.3 is 5.97 Å². The predicted molar refractivity (Wildman–Crippen MR) is 68.0 cm³/mol. The topological polar surface area (TPSA) is 26.3 Å². The smallest absolute Gasteiger partial charge is 0.308 e. The zero-order chi connectivity index (χ0) is 12.2. The van der Waals surface area contributed by atoms with Crippen molar-refractivity contribution in [3.63, 3.8) is 0 Å². The van der Waals surface area contributed by atoms with Crippen LogP contribution < -0.4 is 4.74 Å². The average Bonchev–Trinajstić information content (AvgIpc) is 2.14. The molecule has 0 aliphatic rings. The third kappa shape index (κ3) is 4.33. The summed E-state index contributed by atoms with van der Waals surface area (Å²) in [6.45, 7) is 7.92. The molecule has 3 heteroatoms. The first-order chi connectivity index (χ1) is 7.38. The van der Waals surface area contributed by atoms with Crippen LogP contribution in [0, 0.1) is 11.5 Å². The molecule has 0 N–H and O–H groups in total. The fraction of sp³-hybridized carbons (Fsp3) is 0.308. The average molecular weight is 232 g/mol. The van der Waals surface area contributed by atoms with Gasteiger partial charge in [0, 0.05) is 6.92 Å². The zero-order valence-electron chi connectivity index (χ0n) is 10.1. The van der Waals surface area contributed by atoms with E-state index >= 15 is 0 Å². The quantitative estimate of drug-likeness (QED) is 0.322. The molecule has 0 saturated carbocycles. The van der Waals surface area contributed by atoms with Gasteiger partial charge in [-0.2, -0.15) is 0 Å². The van der Waals surface area contributed by atoms with Crippen LogP contribution >= 0.6 is 0 Å². The molecule has 2 nitrogen and oxygen atoms in total. The van der Waals surface area contributed by atoms with Gasteiger partial charge < -0.3 is 4.74 Å². The maximum atomic E-state index is 10.9. The van der Waals surface area contributed by atoms with Crippen LogP contribution in [0.3, 0.4) is 0 Å². The molecule has 0 aliphatic carbocycles. The van der Waals surface area contributed by atoms with E-state index in [2.05, 4.69) is 31.1 Å². The number of ether oxygens (including phenoxy) is 1. The second-order valence-electron chi connectivity index (χ2n) is 4.59. The monoisotopic (exact) mass is 232 g/mol. The van der Waals surface area contributed by atoms with Crippen LogP contribution in [0.5, 0.6) is 5.75 Å². The Morgan fingerprint density at radius 3 is 2.44 bits per heavy atom. The molecule has 0 fully saturated rings. The number of esters is 1. The van der Waals surface area contributed by atoms with Crippen LogP contribution in [-0.4, -0.2) is 14.0 Å². The third-order valence-corrected chi connectivity index (χ3v) is 2.59. The Morgan fingerprint density at radius 1 is 1.25 bits per heavy atom. The lowest BCUT2D eigenvalue weighted by molar-refractivity contribution is -0.131. The molecule has 0 heterocycles. The minimum absolute atomic E-state index is 0.317. The van der Waals surface area contributed by atoms with E-state index in [4.69, 9.17) is 4.74 Å². The molecule has 0 atom stereocenters. The molecule has 0 radical (unpaired) electrons. The van der Waals surface area contributed by atoms with E-state index in [0.717, 1.165) is 5.56 Å². The lowest BCUT2D eigenvalue weighted by atomic mass is 10.2. The predicted octanol–water partition coefficient (Wildman–Crippen LogP) is 2.84. The molecule has 84 valence electrons. The van der Waals surface area contributed by atoms with Crippen LogP contribution in [-0.2, 0) is 4.79 Å². The second kappa shape index (κ2) is 5.00. The summed E-state index contributed by atoms with van der Waals surface area (Å²) in [6.07, 6.45) is 0. The molecule has 0 aromatic heterocycles. The van der Waals surface area contributed by atoms with Gasteiger partial charge in [-0.1, -0.05) is 37.7 Å². The van der Waals surface area contributed by atoms with Crippen LogP contribution in [0.4, 0.5) is 0 Å². The minimum Gasteiger partial charge on any atom is -0.425 e. The summed E-state index contributed by atoms with van der Waals surface area (Å²) in [4.78, 5) is 10.9. The molecule has 0 spiro atoms. The largest absolute Gasteiger partial charge is 0.425 e. The van der Waals surface area contributed by atoms with Gasteiger partial charge in [-0.15, -0.1) is 5.54 Å². The molecule has 16 heavy (non-hydrogen) atoms. The van der Waals surface area contributed by atoms with Crippen LogP contribution in [0.25, 0.3) is 0 Å². The maximum absolute atomic E-state index is 10.9. The summed E-state index contributed by atoms with van der Waals surface area (Å²) in [5.41, 5.74) is 4.03. The summed E-state index contributed by atoms with van der Waals surface area (Å²) < 4.78 is 5.08. The first-order valence-electron chi connectivity index (χ1n) is 5.19. The highest BCUT2D eigenvalue weighted by molar-refractivity contribution is 6.83. The van der Waals surface area contributed by atoms with Gasteiger partial charge in [0.2, 0.25) is 0 Å². The van der Waals surface area contributed by atoms with Crippen molar-refractivity contribution < 1.29 is 9.53 Å². The zero-order valence-corrected chi connectivity index (χ0v) is 11.1. The Kier molecular flexibility index (Phi) is 3.91. The molecule has 0 bridgehead atoms. The van der Waals surface area contributed by atoms with Crippen molar-refractivity contribution in [3.05, 3.63) is 29.8 Å². The van der Waals surface area contributed by atoms with Crippen molar-refractivity contribution in [1.82, 2.24) is 0 Å². The fourth-order valence-corrected chi connectivity index (χ4v) is 1.58. The van der Waals surface area contributed by atoms with E-state index in [1.54, 1.807) is 6.07 Å². The summed E-state index contributed by atoms with van der Waals surface area (Å²) in [6, 6.07) is 7.35. The molecule has 1 aromatic rings. The number of hydrogen-bond donors (Lipinski definition) is 0. The summed E-state index contributed by atoms with van der Waals surface area (Å²) in [7, 11) is -1.40. The second-order valence-corrected chi connectivity index (χ2v) is 9.34. The molecule has 1 rings (SSSR count). The lowest BCUT2D eigenvalue weighted by Crippen LogP contribution is -2.16. The minimum atomic E-state index is -1.40. The maximum Gasteiger partial charge on any atom is 0.308 e. The van der Waals surface area contributed by atoms with Gasteiger partial charge in [0.15, 0.2) is 0 Å². The number of para-hydroxylation sites is 1. The van der Waals surface area contributed by atoms with E-state index < -0.39 is 8.07 Å². The van der Waals surface area contributed by atoms with Gasteiger partial charge in [0.25, 0.3) is 0 Å². The lowest BCUT2D eigenvalue weighted by Gasteiger charge is -2.05. The Hall–Kier alpha value is -1.53. The molecular formula is C13H16O2Si. The van der Waals surface area contributed by atoms with Gasteiger partial charge in [0.05, 0.1) is 5.56 Å². The summed E-state index contributed by atoms with van der Waals surface area (Å²) in [5, 5.41) is 0. The normalized spacial score (nSPS) is 10.2. The number of benzene rings is 1. The highest BCUT2D eigenvalue weighted by Crippen LogP contribution is 2.17. The van der Waals surface area contributed by atoms with Gasteiger partial charge in [-0.25, -0.2) is 0 Å². The van der Waals surface area contributed by atoms with Crippen molar-refractivity contribution in [3.8, 4) is 17.2 Å².